The molecule has 8 nitrogen and oxygen atoms in total. The van der Waals surface area contributed by atoms with Crippen LogP contribution in [0.4, 0.5) is 34.8 Å². The maximum absolute atomic E-state index is 14.5. The monoisotopic (exact) mass is 524 g/mol. The molecule has 1 amide bonds. The lowest BCUT2D eigenvalue weighted by molar-refractivity contribution is -0.227. The van der Waals surface area contributed by atoms with Crippen molar-refractivity contribution in [2.45, 2.75) is 18.9 Å². The Hall–Kier alpha value is -4.55. The Morgan fingerprint density at radius 3 is 2.50 bits per heavy atom. The summed E-state index contributed by atoms with van der Waals surface area (Å²) in [6, 6.07) is 17.3. The van der Waals surface area contributed by atoms with Gasteiger partial charge in [-0.1, -0.05) is 42.5 Å². The zero-order valence-corrected chi connectivity index (χ0v) is 19.5. The summed E-state index contributed by atoms with van der Waals surface area (Å²) in [6.45, 7) is -0.301. The summed E-state index contributed by atoms with van der Waals surface area (Å²) < 4.78 is 60.1. The number of hydrogen-bond donors (Lipinski definition) is 4. The van der Waals surface area contributed by atoms with Gasteiger partial charge < -0.3 is 10.1 Å². The number of halogens is 4. The van der Waals surface area contributed by atoms with Gasteiger partial charge in [-0.15, -0.1) is 5.53 Å². The van der Waals surface area contributed by atoms with E-state index in [0.717, 1.165) is 6.07 Å². The maximum Gasteiger partial charge on any atom is 0.418 e. The fourth-order valence-electron chi connectivity index (χ4n) is 3.77. The van der Waals surface area contributed by atoms with Crippen LogP contribution in [-0.2, 0) is 11.3 Å². The molecule has 3 aromatic carbocycles. The number of benzene rings is 3. The lowest BCUT2D eigenvalue weighted by Crippen LogP contribution is -2.23. The van der Waals surface area contributed by atoms with Gasteiger partial charge in [-0.05, 0) is 41.5 Å². The van der Waals surface area contributed by atoms with E-state index in [2.05, 4.69) is 31.7 Å². The predicted molar refractivity (Wildman–Crippen MR) is 132 cm³/mol. The van der Waals surface area contributed by atoms with Gasteiger partial charge in [0.2, 0.25) is 0 Å². The zero-order chi connectivity index (χ0) is 26.7. The van der Waals surface area contributed by atoms with Gasteiger partial charge in [0, 0.05) is 11.3 Å². The molecule has 1 aliphatic heterocycles. The first-order valence-electron chi connectivity index (χ1n) is 11.4. The highest BCUT2D eigenvalue weighted by Gasteiger charge is 2.41. The number of carbonyl (C=O) groups is 1. The molecule has 0 fully saturated rings. The summed E-state index contributed by atoms with van der Waals surface area (Å²) in [5.41, 5.74) is 9.92. The number of anilines is 3. The van der Waals surface area contributed by atoms with Gasteiger partial charge >= 0.3 is 6.18 Å². The molecule has 4 aromatic rings. The van der Waals surface area contributed by atoms with Crippen molar-refractivity contribution in [2.75, 3.05) is 16.2 Å². The second-order valence-corrected chi connectivity index (χ2v) is 8.32. The van der Waals surface area contributed by atoms with Crippen molar-refractivity contribution in [3.8, 4) is 11.4 Å². The van der Waals surface area contributed by atoms with Crippen LogP contribution < -0.4 is 21.7 Å². The molecule has 5 rings (SSSR count). The fraction of sp³-hybridized carbons (Fsp3) is 0.115. The molecule has 12 heteroatoms. The minimum absolute atomic E-state index is 0.00280. The number of carbonyl (C=O) groups excluding carboxylic acids is 1. The normalized spacial score (nSPS) is 13.3. The lowest BCUT2D eigenvalue weighted by Gasteiger charge is -2.21. The van der Waals surface area contributed by atoms with Crippen LogP contribution in [0.1, 0.15) is 27.6 Å². The van der Waals surface area contributed by atoms with Gasteiger partial charge in [0.1, 0.15) is 11.5 Å². The van der Waals surface area contributed by atoms with Crippen molar-refractivity contribution >= 4 is 23.1 Å². The number of amides is 1. The summed E-state index contributed by atoms with van der Waals surface area (Å²) >= 11 is 0. The molecule has 0 saturated carbocycles. The summed E-state index contributed by atoms with van der Waals surface area (Å²) in [6.07, 6.45) is -5.12. The Labute approximate surface area is 214 Å². The second kappa shape index (κ2) is 10.4. The number of nitrogens with one attached hydrogen (secondary N) is 4. The number of hydrazine groups is 2. The quantitative estimate of drug-likeness (QED) is 0.233. The van der Waals surface area contributed by atoms with Crippen molar-refractivity contribution < 1.29 is 27.1 Å². The van der Waals surface area contributed by atoms with E-state index in [9.17, 15) is 22.4 Å². The molecule has 4 N–H and O–H groups in total. The molecule has 38 heavy (non-hydrogen) atoms. The number of alkyl halides is 3. The average molecular weight is 524 g/mol. The van der Waals surface area contributed by atoms with E-state index in [-0.39, 0.29) is 23.6 Å². The molecular weight excluding hydrogens is 504 g/mol. The Balaban J connectivity index is 1.26. The summed E-state index contributed by atoms with van der Waals surface area (Å²) in [7, 11) is 0. The molecule has 0 bridgehead atoms. The third-order valence-corrected chi connectivity index (χ3v) is 5.66. The molecule has 1 aromatic heterocycles. The van der Waals surface area contributed by atoms with E-state index in [1.54, 1.807) is 6.07 Å². The molecule has 0 aliphatic carbocycles. The van der Waals surface area contributed by atoms with Crippen LogP contribution in [-0.4, -0.2) is 22.1 Å². The highest BCUT2D eigenvalue weighted by atomic mass is 19.4. The smallest absolute Gasteiger partial charge is 0.359 e. The zero-order valence-electron chi connectivity index (χ0n) is 19.5. The molecule has 0 radical (unpaired) electrons. The van der Waals surface area contributed by atoms with Crippen molar-refractivity contribution in [3.05, 3.63) is 102 Å². The third kappa shape index (κ3) is 5.56. The molecule has 0 saturated heterocycles. The minimum atomic E-state index is -4.58. The highest BCUT2D eigenvalue weighted by molar-refractivity contribution is 6.05. The van der Waals surface area contributed by atoms with Crippen LogP contribution in [0.5, 0.6) is 0 Å². The number of rotatable bonds is 7. The molecule has 2 heterocycles. The van der Waals surface area contributed by atoms with Crippen LogP contribution >= 0.6 is 0 Å². The number of aromatic nitrogens is 2. The van der Waals surface area contributed by atoms with Crippen molar-refractivity contribution in [3.63, 3.8) is 0 Å². The van der Waals surface area contributed by atoms with E-state index < -0.39 is 24.0 Å². The molecular formula is C26H20F4N6O2. The molecule has 0 spiro atoms. The van der Waals surface area contributed by atoms with Crippen LogP contribution in [0.2, 0.25) is 0 Å². The largest absolute Gasteiger partial charge is 0.418 e. The summed E-state index contributed by atoms with van der Waals surface area (Å²) in [4.78, 5) is 21.3. The van der Waals surface area contributed by atoms with Crippen molar-refractivity contribution in [1.82, 2.24) is 15.5 Å². The molecule has 0 unspecified atom stereocenters. The van der Waals surface area contributed by atoms with E-state index in [1.165, 1.54) is 66.9 Å². The predicted octanol–water partition coefficient (Wildman–Crippen LogP) is 5.61. The van der Waals surface area contributed by atoms with Gasteiger partial charge in [-0.2, -0.15) is 13.2 Å². The SMILES string of the molecule is O=C(Nc1ccc(CO[C@@H](c2ccccc2)C(F)(F)F)cc1)c1cc(-c2ncc3c(n2)NNN3)ccc1F. The van der Waals surface area contributed by atoms with Gasteiger partial charge in [-0.3, -0.25) is 15.6 Å². The maximum atomic E-state index is 14.5. The van der Waals surface area contributed by atoms with Crippen LogP contribution in [0.25, 0.3) is 11.4 Å². The minimum Gasteiger partial charge on any atom is -0.359 e. The Morgan fingerprint density at radius 2 is 1.76 bits per heavy atom. The average Bonchev–Trinajstić information content (AvgIpc) is 3.38. The van der Waals surface area contributed by atoms with Crippen LogP contribution in [0.15, 0.2) is 79.0 Å². The van der Waals surface area contributed by atoms with Gasteiger partial charge in [0.05, 0.1) is 18.4 Å². The third-order valence-electron chi connectivity index (χ3n) is 5.66. The second-order valence-electron chi connectivity index (χ2n) is 8.32. The number of fused-ring (bicyclic) bond motifs is 1. The first kappa shape index (κ1) is 25.1. The first-order chi connectivity index (χ1) is 18.3. The first-order valence-corrected chi connectivity index (χ1v) is 11.4. The standard InChI is InChI=1S/C26H20F4N6O2/c27-20-11-8-17(23-31-13-21-24(33-23)35-36-34-21)12-19(20)25(37)32-18-9-6-15(7-10-18)14-38-22(26(28,29)30)16-4-2-1-3-5-16/h1-13,22,34,36H,14H2,(H,32,37)(H,31,33,35)/t22-/m0/s1. The fourth-order valence-corrected chi connectivity index (χ4v) is 3.77. The number of ether oxygens (including phenoxy) is 1. The van der Waals surface area contributed by atoms with E-state index in [0.29, 0.717) is 28.3 Å². The number of nitrogens with zero attached hydrogens (tertiary/aromatic N) is 2. The Morgan fingerprint density at radius 1 is 1.00 bits per heavy atom. The van der Waals surface area contributed by atoms with Gasteiger partial charge in [0.25, 0.3) is 5.91 Å². The molecule has 1 atom stereocenters. The Kier molecular flexibility index (Phi) is 6.90. The lowest BCUT2D eigenvalue weighted by atomic mass is 10.1. The van der Waals surface area contributed by atoms with E-state index >= 15 is 0 Å². The van der Waals surface area contributed by atoms with E-state index in [4.69, 9.17) is 4.74 Å². The topological polar surface area (TPSA) is 100 Å². The van der Waals surface area contributed by atoms with Crippen molar-refractivity contribution in [2.24, 2.45) is 0 Å². The van der Waals surface area contributed by atoms with Crippen LogP contribution in [0.3, 0.4) is 0 Å². The summed E-state index contributed by atoms with van der Waals surface area (Å²) in [5.74, 6) is -0.664. The number of hydrogen-bond acceptors (Lipinski definition) is 7. The highest BCUT2D eigenvalue weighted by Crippen LogP contribution is 2.36. The molecule has 194 valence electrons. The van der Waals surface area contributed by atoms with Gasteiger partial charge in [-0.25, -0.2) is 14.4 Å². The Bertz CT molecular complexity index is 1450. The van der Waals surface area contributed by atoms with E-state index in [1.807, 2.05) is 0 Å². The summed E-state index contributed by atoms with van der Waals surface area (Å²) in [5, 5.41) is 2.59. The van der Waals surface area contributed by atoms with Crippen LogP contribution in [0, 0.1) is 5.82 Å². The van der Waals surface area contributed by atoms with Gasteiger partial charge in [0.15, 0.2) is 17.7 Å². The van der Waals surface area contributed by atoms with Crippen molar-refractivity contribution in [1.29, 1.82) is 0 Å². The molecule has 1 aliphatic rings.